The molecule has 0 amide bonds. The van der Waals surface area contributed by atoms with Crippen LogP contribution in [0.1, 0.15) is 0 Å². The summed E-state index contributed by atoms with van der Waals surface area (Å²) in [5, 5.41) is 11.4. The van der Waals surface area contributed by atoms with Gasteiger partial charge in [0.05, 0.1) is 0 Å². The molecule has 0 saturated heterocycles. The molecular formula is C30H21N. The predicted molar refractivity (Wildman–Crippen MR) is 134 cm³/mol. The number of fused-ring (bicyclic) bond motifs is 6. The van der Waals surface area contributed by atoms with Gasteiger partial charge in [-0.3, -0.25) is 0 Å². The summed E-state index contributed by atoms with van der Waals surface area (Å²) in [6.07, 6.45) is 0. The highest BCUT2D eigenvalue weighted by Gasteiger charge is 2.10. The summed E-state index contributed by atoms with van der Waals surface area (Å²) in [4.78, 5) is 0. The predicted octanol–water partition coefficient (Wildman–Crippen LogP) is 8.56. The van der Waals surface area contributed by atoms with Crippen molar-refractivity contribution in [2.75, 3.05) is 5.32 Å². The van der Waals surface area contributed by atoms with Gasteiger partial charge in [0.1, 0.15) is 0 Å². The van der Waals surface area contributed by atoms with E-state index in [4.69, 9.17) is 0 Å². The maximum absolute atomic E-state index is 3.68. The average Bonchev–Trinajstić information content (AvgIpc) is 2.85. The molecule has 0 bridgehead atoms. The molecule has 31 heavy (non-hydrogen) atoms. The van der Waals surface area contributed by atoms with Crippen LogP contribution in [-0.2, 0) is 0 Å². The Morgan fingerprint density at radius 1 is 0.387 bits per heavy atom. The van der Waals surface area contributed by atoms with E-state index in [0.29, 0.717) is 0 Å². The van der Waals surface area contributed by atoms with E-state index in [0.717, 1.165) is 11.4 Å². The van der Waals surface area contributed by atoms with Gasteiger partial charge in [0, 0.05) is 16.9 Å². The van der Waals surface area contributed by atoms with Gasteiger partial charge in [0.2, 0.25) is 0 Å². The number of nitrogens with one attached hydrogen (secondary N) is 1. The summed E-state index contributed by atoms with van der Waals surface area (Å²) in [5.74, 6) is 0. The first-order valence-electron chi connectivity index (χ1n) is 10.6. The number of anilines is 2. The third kappa shape index (κ3) is 3.03. The largest absolute Gasteiger partial charge is 0.355 e. The van der Waals surface area contributed by atoms with Crippen LogP contribution in [0.4, 0.5) is 11.4 Å². The fourth-order valence-electron chi connectivity index (χ4n) is 4.60. The fourth-order valence-corrected chi connectivity index (χ4v) is 4.60. The van der Waals surface area contributed by atoms with Gasteiger partial charge in [-0.25, -0.2) is 0 Å². The first-order valence-corrected chi connectivity index (χ1v) is 10.6. The van der Waals surface area contributed by atoms with Crippen LogP contribution in [-0.4, -0.2) is 0 Å². The molecule has 0 fully saturated rings. The second-order valence-corrected chi connectivity index (χ2v) is 7.89. The van der Waals surface area contributed by atoms with Crippen LogP contribution < -0.4 is 5.32 Å². The van der Waals surface area contributed by atoms with E-state index >= 15 is 0 Å². The van der Waals surface area contributed by atoms with E-state index in [1.54, 1.807) is 0 Å². The lowest BCUT2D eigenvalue weighted by Gasteiger charge is -2.15. The highest BCUT2D eigenvalue weighted by Crippen LogP contribution is 2.37. The molecule has 1 heteroatoms. The lowest BCUT2D eigenvalue weighted by atomic mass is 9.94. The summed E-state index contributed by atoms with van der Waals surface area (Å²) in [5.41, 5.74) is 4.61. The van der Waals surface area contributed by atoms with Crippen molar-refractivity contribution in [1.82, 2.24) is 0 Å². The van der Waals surface area contributed by atoms with E-state index < -0.39 is 0 Å². The molecule has 0 aliphatic heterocycles. The van der Waals surface area contributed by atoms with Crippen LogP contribution in [0.2, 0.25) is 0 Å². The van der Waals surface area contributed by atoms with Gasteiger partial charge in [-0.2, -0.15) is 0 Å². The number of rotatable bonds is 3. The van der Waals surface area contributed by atoms with Crippen molar-refractivity contribution in [3.8, 4) is 11.1 Å². The van der Waals surface area contributed by atoms with Crippen molar-refractivity contribution in [2.24, 2.45) is 0 Å². The zero-order valence-corrected chi connectivity index (χ0v) is 17.0. The van der Waals surface area contributed by atoms with Gasteiger partial charge in [0.25, 0.3) is 0 Å². The standard InChI is InChI=1S/C30H21N/c1-2-10-21(11-3-1)23-12-8-9-17-30(23)31-22-18-19-28-26-15-5-4-13-24(26)25-14-6-7-16-27(25)29(28)20-22/h1-20,31H. The van der Waals surface area contributed by atoms with Gasteiger partial charge in [0.15, 0.2) is 0 Å². The Morgan fingerprint density at radius 3 is 1.58 bits per heavy atom. The zero-order valence-electron chi connectivity index (χ0n) is 17.0. The van der Waals surface area contributed by atoms with Gasteiger partial charge < -0.3 is 5.32 Å². The van der Waals surface area contributed by atoms with E-state index in [-0.39, 0.29) is 0 Å². The lowest BCUT2D eigenvalue weighted by Crippen LogP contribution is -1.94. The molecular weight excluding hydrogens is 374 g/mol. The molecule has 1 N–H and O–H groups in total. The van der Waals surface area contributed by atoms with Crippen LogP contribution in [0.5, 0.6) is 0 Å². The Bertz CT molecular complexity index is 1510. The minimum Gasteiger partial charge on any atom is -0.355 e. The minimum absolute atomic E-state index is 1.09. The van der Waals surface area contributed by atoms with Gasteiger partial charge in [-0.1, -0.05) is 103 Å². The minimum atomic E-state index is 1.09. The van der Waals surface area contributed by atoms with Crippen molar-refractivity contribution in [2.45, 2.75) is 0 Å². The highest BCUT2D eigenvalue weighted by atomic mass is 14.9. The van der Waals surface area contributed by atoms with Gasteiger partial charge in [-0.05, 0) is 56.1 Å². The molecule has 0 unspecified atom stereocenters. The van der Waals surface area contributed by atoms with Crippen molar-refractivity contribution in [1.29, 1.82) is 0 Å². The third-order valence-electron chi connectivity index (χ3n) is 6.04. The Hall–Kier alpha value is -4.10. The summed E-state index contributed by atoms with van der Waals surface area (Å²) < 4.78 is 0. The van der Waals surface area contributed by atoms with Crippen molar-refractivity contribution >= 4 is 43.7 Å². The molecule has 0 spiro atoms. The topological polar surface area (TPSA) is 12.0 Å². The maximum atomic E-state index is 3.68. The molecule has 0 heterocycles. The van der Waals surface area contributed by atoms with Gasteiger partial charge >= 0.3 is 0 Å². The molecule has 146 valence electrons. The number of hydrogen-bond donors (Lipinski definition) is 1. The van der Waals surface area contributed by atoms with Crippen LogP contribution >= 0.6 is 0 Å². The maximum Gasteiger partial charge on any atom is 0.0463 e. The first kappa shape index (κ1) is 17.7. The molecule has 0 aliphatic rings. The second-order valence-electron chi connectivity index (χ2n) is 7.89. The number of hydrogen-bond acceptors (Lipinski definition) is 1. The van der Waals surface area contributed by atoms with Crippen LogP contribution in [0.15, 0.2) is 121 Å². The molecule has 0 saturated carbocycles. The summed E-state index contributed by atoms with van der Waals surface area (Å²) in [6.45, 7) is 0. The van der Waals surface area contributed by atoms with Crippen molar-refractivity contribution in [3.05, 3.63) is 121 Å². The molecule has 6 rings (SSSR count). The van der Waals surface area contributed by atoms with E-state index in [1.165, 1.54) is 43.4 Å². The zero-order chi connectivity index (χ0) is 20.6. The monoisotopic (exact) mass is 395 g/mol. The van der Waals surface area contributed by atoms with E-state index in [1.807, 2.05) is 0 Å². The van der Waals surface area contributed by atoms with E-state index in [9.17, 15) is 0 Å². The third-order valence-corrected chi connectivity index (χ3v) is 6.04. The van der Waals surface area contributed by atoms with Crippen molar-refractivity contribution < 1.29 is 0 Å². The molecule has 0 aliphatic carbocycles. The Labute approximate surface area is 181 Å². The molecule has 0 radical (unpaired) electrons. The van der Waals surface area contributed by atoms with Gasteiger partial charge in [-0.15, -0.1) is 0 Å². The Kier molecular flexibility index (Phi) is 4.18. The SMILES string of the molecule is c1ccc(-c2ccccc2Nc2ccc3c4ccccc4c4ccccc4c3c2)cc1. The Balaban J connectivity index is 1.54. The molecule has 6 aromatic carbocycles. The number of para-hydroxylation sites is 1. The lowest BCUT2D eigenvalue weighted by molar-refractivity contribution is 1.55. The fraction of sp³-hybridized carbons (Fsp3) is 0. The highest BCUT2D eigenvalue weighted by molar-refractivity contribution is 6.25. The van der Waals surface area contributed by atoms with Crippen LogP contribution in [0, 0.1) is 0 Å². The normalized spacial score (nSPS) is 11.2. The number of benzene rings is 6. The first-order chi connectivity index (χ1) is 15.4. The second kappa shape index (κ2) is 7.30. The molecule has 1 nitrogen and oxygen atoms in total. The average molecular weight is 396 g/mol. The smallest absolute Gasteiger partial charge is 0.0463 e. The van der Waals surface area contributed by atoms with Crippen molar-refractivity contribution in [3.63, 3.8) is 0 Å². The molecule has 0 atom stereocenters. The summed E-state index contributed by atoms with van der Waals surface area (Å²) in [7, 11) is 0. The van der Waals surface area contributed by atoms with E-state index in [2.05, 4.69) is 127 Å². The Morgan fingerprint density at radius 2 is 0.903 bits per heavy atom. The van der Waals surface area contributed by atoms with Crippen LogP contribution in [0.25, 0.3) is 43.4 Å². The van der Waals surface area contributed by atoms with Crippen LogP contribution in [0.3, 0.4) is 0 Å². The quantitative estimate of drug-likeness (QED) is 0.296. The molecule has 6 aromatic rings. The summed E-state index contributed by atoms with van der Waals surface area (Å²) >= 11 is 0. The summed E-state index contributed by atoms with van der Waals surface area (Å²) in [6, 6.07) is 43.1. The molecule has 0 aromatic heterocycles.